The normalized spacial score (nSPS) is 11.3. The van der Waals surface area contributed by atoms with Crippen molar-refractivity contribution in [3.8, 4) is 11.5 Å². The van der Waals surface area contributed by atoms with Gasteiger partial charge in [0.15, 0.2) is 0 Å². The Morgan fingerprint density at radius 2 is 1.56 bits per heavy atom. The van der Waals surface area contributed by atoms with Gasteiger partial charge in [0.05, 0.1) is 14.9 Å². The van der Waals surface area contributed by atoms with Crippen LogP contribution in [0.15, 0.2) is 65.6 Å². The van der Waals surface area contributed by atoms with Gasteiger partial charge in [-0.05, 0) is 73.5 Å². The summed E-state index contributed by atoms with van der Waals surface area (Å²) in [4.78, 5) is 0.0348. The predicted molar refractivity (Wildman–Crippen MR) is 110 cm³/mol. The van der Waals surface area contributed by atoms with E-state index in [0.29, 0.717) is 16.5 Å². The van der Waals surface area contributed by atoms with Crippen LogP contribution >= 0.6 is 23.2 Å². The van der Waals surface area contributed by atoms with Crippen LogP contribution in [-0.2, 0) is 10.0 Å². The summed E-state index contributed by atoms with van der Waals surface area (Å²) >= 11 is 11.7. The van der Waals surface area contributed by atoms with E-state index in [1.807, 2.05) is 32.0 Å². The number of anilines is 1. The van der Waals surface area contributed by atoms with Crippen molar-refractivity contribution in [2.75, 3.05) is 4.72 Å². The molecule has 0 aliphatic carbocycles. The minimum Gasteiger partial charge on any atom is -0.457 e. The molecule has 0 saturated heterocycles. The maximum atomic E-state index is 12.5. The molecule has 0 aliphatic heterocycles. The van der Waals surface area contributed by atoms with E-state index in [1.165, 1.54) is 18.2 Å². The van der Waals surface area contributed by atoms with Gasteiger partial charge in [-0.1, -0.05) is 35.3 Å². The van der Waals surface area contributed by atoms with Gasteiger partial charge in [-0.3, -0.25) is 4.72 Å². The van der Waals surface area contributed by atoms with Gasteiger partial charge in [-0.15, -0.1) is 0 Å². The summed E-state index contributed by atoms with van der Waals surface area (Å²) < 4.78 is 33.3. The van der Waals surface area contributed by atoms with Gasteiger partial charge in [-0.2, -0.15) is 0 Å². The number of aryl methyl sites for hydroxylation is 2. The Hall–Kier alpha value is -2.21. The number of sulfonamides is 1. The molecule has 0 unspecified atom stereocenters. The standard InChI is InChI=1S/C20H17Cl2NO3S/c1-13-3-4-14(2)20(11-13)26-16-7-5-15(6-8-16)23-27(24,25)17-9-10-18(21)19(22)12-17/h3-12,23H,1-2H3. The first kappa shape index (κ1) is 19.5. The minimum atomic E-state index is -3.77. The minimum absolute atomic E-state index is 0.0348. The first-order valence-corrected chi connectivity index (χ1v) is 10.3. The highest BCUT2D eigenvalue weighted by Gasteiger charge is 2.16. The quantitative estimate of drug-likeness (QED) is 0.532. The van der Waals surface area contributed by atoms with Crippen molar-refractivity contribution in [2.24, 2.45) is 0 Å². The molecule has 4 nitrogen and oxygen atoms in total. The molecule has 0 aliphatic rings. The Labute approximate surface area is 168 Å². The third kappa shape index (κ3) is 4.75. The topological polar surface area (TPSA) is 55.4 Å². The molecule has 0 amide bonds. The van der Waals surface area contributed by atoms with E-state index in [0.717, 1.165) is 16.9 Å². The number of hydrogen-bond acceptors (Lipinski definition) is 3. The van der Waals surface area contributed by atoms with Crippen molar-refractivity contribution in [3.63, 3.8) is 0 Å². The van der Waals surface area contributed by atoms with Gasteiger partial charge in [0.1, 0.15) is 11.5 Å². The van der Waals surface area contributed by atoms with Crippen molar-refractivity contribution >= 4 is 38.9 Å². The number of halogens is 2. The summed E-state index contributed by atoms with van der Waals surface area (Å²) in [5, 5.41) is 0.473. The molecule has 27 heavy (non-hydrogen) atoms. The van der Waals surface area contributed by atoms with Crippen molar-refractivity contribution in [3.05, 3.63) is 81.8 Å². The maximum Gasteiger partial charge on any atom is 0.261 e. The highest BCUT2D eigenvalue weighted by Crippen LogP contribution is 2.29. The molecule has 0 fully saturated rings. The first-order chi connectivity index (χ1) is 12.7. The van der Waals surface area contributed by atoms with Crippen LogP contribution in [-0.4, -0.2) is 8.42 Å². The lowest BCUT2D eigenvalue weighted by Gasteiger charge is -2.12. The van der Waals surface area contributed by atoms with Crippen LogP contribution in [0.5, 0.6) is 11.5 Å². The molecule has 0 atom stereocenters. The zero-order chi connectivity index (χ0) is 19.6. The second-order valence-electron chi connectivity index (χ2n) is 6.08. The Kier molecular flexibility index (Phi) is 5.65. The third-order valence-electron chi connectivity index (χ3n) is 3.88. The summed E-state index contributed by atoms with van der Waals surface area (Å²) in [6, 6.07) is 16.8. The molecular weight excluding hydrogens is 405 g/mol. The van der Waals surface area contributed by atoms with Crippen molar-refractivity contribution < 1.29 is 13.2 Å². The highest BCUT2D eigenvalue weighted by atomic mass is 35.5. The molecular formula is C20H17Cl2NO3S. The van der Waals surface area contributed by atoms with Crippen LogP contribution in [0.2, 0.25) is 10.0 Å². The van der Waals surface area contributed by atoms with E-state index in [1.54, 1.807) is 24.3 Å². The van der Waals surface area contributed by atoms with E-state index >= 15 is 0 Å². The summed E-state index contributed by atoms with van der Waals surface area (Å²) in [7, 11) is -3.77. The lowest BCUT2D eigenvalue weighted by Crippen LogP contribution is -2.12. The van der Waals surface area contributed by atoms with Crippen molar-refractivity contribution in [2.45, 2.75) is 18.7 Å². The van der Waals surface area contributed by atoms with Crippen LogP contribution in [0.1, 0.15) is 11.1 Å². The Morgan fingerprint density at radius 3 is 2.22 bits per heavy atom. The van der Waals surface area contributed by atoms with Crippen LogP contribution in [0.25, 0.3) is 0 Å². The highest BCUT2D eigenvalue weighted by molar-refractivity contribution is 7.92. The van der Waals surface area contributed by atoms with Gasteiger partial charge in [0, 0.05) is 5.69 Å². The van der Waals surface area contributed by atoms with E-state index in [4.69, 9.17) is 27.9 Å². The van der Waals surface area contributed by atoms with Crippen molar-refractivity contribution in [1.82, 2.24) is 0 Å². The molecule has 0 spiro atoms. The molecule has 0 bridgehead atoms. The monoisotopic (exact) mass is 421 g/mol. The molecule has 7 heteroatoms. The van der Waals surface area contributed by atoms with E-state index in [2.05, 4.69) is 4.72 Å². The lowest BCUT2D eigenvalue weighted by atomic mass is 10.1. The predicted octanol–water partition coefficient (Wildman–Crippen LogP) is 6.20. The fourth-order valence-electron chi connectivity index (χ4n) is 2.39. The third-order valence-corrected chi connectivity index (χ3v) is 6.00. The first-order valence-electron chi connectivity index (χ1n) is 8.08. The van der Waals surface area contributed by atoms with E-state index < -0.39 is 10.0 Å². The largest absolute Gasteiger partial charge is 0.457 e. The molecule has 3 rings (SSSR count). The zero-order valence-electron chi connectivity index (χ0n) is 14.7. The molecule has 140 valence electrons. The fraction of sp³-hybridized carbons (Fsp3) is 0.100. The number of nitrogens with one attached hydrogen (secondary N) is 1. The average molecular weight is 422 g/mol. The van der Waals surface area contributed by atoms with Gasteiger partial charge < -0.3 is 4.74 Å². The summed E-state index contributed by atoms with van der Waals surface area (Å²) in [6.45, 7) is 3.96. The number of ether oxygens (including phenoxy) is 1. The summed E-state index contributed by atoms with van der Waals surface area (Å²) in [5.74, 6) is 1.38. The van der Waals surface area contributed by atoms with Gasteiger partial charge in [0.2, 0.25) is 0 Å². The molecule has 0 radical (unpaired) electrons. The van der Waals surface area contributed by atoms with Crippen LogP contribution in [0, 0.1) is 13.8 Å². The average Bonchev–Trinajstić information content (AvgIpc) is 2.62. The van der Waals surface area contributed by atoms with Crippen LogP contribution in [0.3, 0.4) is 0 Å². The van der Waals surface area contributed by atoms with Gasteiger partial charge in [-0.25, -0.2) is 8.42 Å². The molecule has 3 aromatic rings. The number of benzene rings is 3. The lowest BCUT2D eigenvalue weighted by molar-refractivity contribution is 0.478. The number of rotatable bonds is 5. The van der Waals surface area contributed by atoms with Gasteiger partial charge in [0.25, 0.3) is 10.0 Å². The molecule has 3 aromatic carbocycles. The van der Waals surface area contributed by atoms with E-state index in [9.17, 15) is 8.42 Å². The Morgan fingerprint density at radius 1 is 0.852 bits per heavy atom. The zero-order valence-corrected chi connectivity index (χ0v) is 17.0. The van der Waals surface area contributed by atoms with Crippen molar-refractivity contribution in [1.29, 1.82) is 0 Å². The molecule has 0 aromatic heterocycles. The fourth-order valence-corrected chi connectivity index (χ4v) is 3.84. The second-order valence-corrected chi connectivity index (χ2v) is 8.57. The number of hydrogen-bond donors (Lipinski definition) is 1. The SMILES string of the molecule is Cc1ccc(C)c(Oc2ccc(NS(=O)(=O)c3ccc(Cl)c(Cl)c3)cc2)c1. The van der Waals surface area contributed by atoms with Crippen LogP contribution in [0.4, 0.5) is 5.69 Å². The van der Waals surface area contributed by atoms with Gasteiger partial charge >= 0.3 is 0 Å². The smallest absolute Gasteiger partial charge is 0.261 e. The molecule has 0 saturated carbocycles. The Balaban J connectivity index is 1.77. The summed E-state index contributed by atoms with van der Waals surface area (Å²) in [6.07, 6.45) is 0. The summed E-state index contributed by atoms with van der Waals surface area (Å²) in [5.41, 5.74) is 2.53. The molecule has 0 heterocycles. The second kappa shape index (κ2) is 7.80. The van der Waals surface area contributed by atoms with E-state index in [-0.39, 0.29) is 9.92 Å². The Bertz CT molecular complexity index is 1080. The van der Waals surface area contributed by atoms with Crippen LogP contribution < -0.4 is 9.46 Å². The maximum absolute atomic E-state index is 12.5. The molecule has 1 N–H and O–H groups in total.